The van der Waals surface area contributed by atoms with Crippen molar-refractivity contribution in [3.05, 3.63) is 29.8 Å². The van der Waals surface area contributed by atoms with Crippen LogP contribution in [0.15, 0.2) is 24.3 Å². The third-order valence-corrected chi connectivity index (χ3v) is 4.21. The molecule has 1 aromatic carbocycles. The molecule has 0 aromatic heterocycles. The number of ether oxygens (including phenoxy) is 2. The normalized spacial score (nSPS) is 15.0. The zero-order chi connectivity index (χ0) is 17.8. The molecule has 0 heterocycles. The maximum atomic E-state index is 12.8. The summed E-state index contributed by atoms with van der Waals surface area (Å²) in [4.78, 5) is 12.8. The minimum absolute atomic E-state index is 0.00213. The van der Waals surface area contributed by atoms with E-state index in [0.29, 0.717) is 6.61 Å². The van der Waals surface area contributed by atoms with Crippen molar-refractivity contribution >= 4 is 5.97 Å². The van der Waals surface area contributed by atoms with E-state index in [2.05, 4.69) is 47.6 Å². The first-order valence-electron chi connectivity index (χ1n) is 8.33. The number of carbonyl (C=O) groups is 1. The van der Waals surface area contributed by atoms with Crippen LogP contribution in [0.3, 0.4) is 0 Å². The largest absolute Gasteiger partial charge is 0.496 e. The van der Waals surface area contributed by atoms with Gasteiger partial charge in [0.1, 0.15) is 5.75 Å². The quantitative estimate of drug-likeness (QED) is 0.712. The Hall–Kier alpha value is -1.51. The number of para-hydroxylation sites is 1. The van der Waals surface area contributed by atoms with Crippen LogP contribution in [-0.4, -0.2) is 19.7 Å². The average Bonchev–Trinajstić information content (AvgIpc) is 2.42. The Balaban J connectivity index is 3.52. The first kappa shape index (κ1) is 19.5. The van der Waals surface area contributed by atoms with Gasteiger partial charge in [0.25, 0.3) is 0 Å². The fourth-order valence-corrected chi connectivity index (χ4v) is 3.29. The molecule has 0 bridgehead atoms. The number of hydrogen-bond acceptors (Lipinski definition) is 3. The SMILES string of the molecule is CCOC(=O)C(C(c1ccccc1OC)C(C)(C)C)C(C)(C)C. The lowest BCUT2D eigenvalue weighted by Crippen LogP contribution is -2.40. The van der Waals surface area contributed by atoms with Gasteiger partial charge in [-0.1, -0.05) is 59.7 Å². The lowest BCUT2D eigenvalue weighted by molar-refractivity contribution is -0.154. The molecule has 130 valence electrons. The van der Waals surface area contributed by atoms with Crippen LogP contribution in [0, 0.1) is 16.7 Å². The first-order chi connectivity index (χ1) is 10.5. The van der Waals surface area contributed by atoms with Gasteiger partial charge >= 0.3 is 5.97 Å². The highest BCUT2D eigenvalue weighted by Crippen LogP contribution is 2.50. The van der Waals surface area contributed by atoms with E-state index in [-0.39, 0.29) is 28.6 Å². The van der Waals surface area contributed by atoms with Crippen molar-refractivity contribution in [2.24, 2.45) is 16.7 Å². The topological polar surface area (TPSA) is 35.5 Å². The van der Waals surface area contributed by atoms with Crippen LogP contribution < -0.4 is 4.74 Å². The third-order valence-electron chi connectivity index (χ3n) is 4.21. The second-order valence-corrected chi connectivity index (χ2v) is 8.18. The van der Waals surface area contributed by atoms with Crippen molar-refractivity contribution in [1.29, 1.82) is 0 Å². The molecule has 0 aliphatic heterocycles. The van der Waals surface area contributed by atoms with Gasteiger partial charge in [-0.3, -0.25) is 4.79 Å². The summed E-state index contributed by atoms with van der Waals surface area (Å²) in [5.74, 6) is 0.438. The van der Waals surface area contributed by atoms with E-state index < -0.39 is 0 Å². The van der Waals surface area contributed by atoms with Gasteiger partial charge in [-0.05, 0) is 29.4 Å². The van der Waals surface area contributed by atoms with Crippen LogP contribution in [-0.2, 0) is 9.53 Å². The van der Waals surface area contributed by atoms with Crippen LogP contribution in [0.25, 0.3) is 0 Å². The summed E-state index contributed by atoms with van der Waals surface area (Å²) in [5, 5.41) is 0. The Morgan fingerprint density at radius 3 is 2.04 bits per heavy atom. The number of esters is 1. The smallest absolute Gasteiger partial charge is 0.310 e. The summed E-state index contributed by atoms with van der Waals surface area (Å²) in [6.07, 6.45) is 0. The number of hydrogen-bond donors (Lipinski definition) is 0. The molecule has 0 saturated carbocycles. The highest BCUT2D eigenvalue weighted by Gasteiger charge is 2.45. The molecule has 3 heteroatoms. The molecule has 0 N–H and O–H groups in total. The highest BCUT2D eigenvalue weighted by molar-refractivity contribution is 5.75. The van der Waals surface area contributed by atoms with Gasteiger partial charge in [0.2, 0.25) is 0 Å². The predicted molar refractivity (Wildman–Crippen MR) is 94.8 cm³/mol. The maximum absolute atomic E-state index is 12.8. The van der Waals surface area contributed by atoms with Crippen molar-refractivity contribution in [2.45, 2.75) is 54.4 Å². The van der Waals surface area contributed by atoms with Crippen LogP contribution >= 0.6 is 0 Å². The first-order valence-corrected chi connectivity index (χ1v) is 8.33. The van der Waals surface area contributed by atoms with E-state index in [1.165, 1.54) is 0 Å². The molecule has 0 aliphatic rings. The molecule has 0 radical (unpaired) electrons. The van der Waals surface area contributed by atoms with E-state index in [1.54, 1.807) is 7.11 Å². The van der Waals surface area contributed by atoms with Crippen molar-refractivity contribution in [3.63, 3.8) is 0 Å². The van der Waals surface area contributed by atoms with Crippen molar-refractivity contribution in [3.8, 4) is 5.75 Å². The van der Waals surface area contributed by atoms with Crippen LogP contribution in [0.1, 0.15) is 59.9 Å². The van der Waals surface area contributed by atoms with Crippen molar-refractivity contribution < 1.29 is 14.3 Å². The van der Waals surface area contributed by atoms with Gasteiger partial charge in [0.15, 0.2) is 0 Å². The lowest BCUT2D eigenvalue weighted by atomic mass is 9.61. The standard InChI is InChI=1S/C20H32O3/c1-9-23-18(21)17(20(5,6)7)16(19(2,3)4)14-12-10-11-13-15(14)22-8/h10-13,16-17H,9H2,1-8H3. The van der Waals surface area contributed by atoms with E-state index in [0.717, 1.165) is 11.3 Å². The van der Waals surface area contributed by atoms with Crippen LogP contribution in [0.4, 0.5) is 0 Å². The number of benzene rings is 1. The Morgan fingerprint density at radius 2 is 1.61 bits per heavy atom. The van der Waals surface area contributed by atoms with E-state index in [1.807, 2.05) is 25.1 Å². The highest BCUT2D eigenvalue weighted by atomic mass is 16.5. The summed E-state index contributed by atoms with van der Waals surface area (Å²) in [6.45, 7) is 15.1. The van der Waals surface area contributed by atoms with Gasteiger partial charge in [-0.2, -0.15) is 0 Å². The molecule has 0 saturated heterocycles. The summed E-state index contributed by atoms with van der Waals surface area (Å²) in [6, 6.07) is 7.98. The van der Waals surface area contributed by atoms with Gasteiger partial charge in [0, 0.05) is 5.92 Å². The molecular weight excluding hydrogens is 288 g/mol. The summed E-state index contributed by atoms with van der Waals surface area (Å²) in [7, 11) is 1.68. The molecule has 0 amide bonds. The number of methoxy groups -OCH3 is 1. The van der Waals surface area contributed by atoms with Crippen molar-refractivity contribution in [2.75, 3.05) is 13.7 Å². The molecule has 0 aliphatic carbocycles. The van der Waals surface area contributed by atoms with E-state index in [9.17, 15) is 4.79 Å². The van der Waals surface area contributed by atoms with Crippen molar-refractivity contribution in [1.82, 2.24) is 0 Å². The molecule has 0 fully saturated rings. The fraction of sp³-hybridized carbons (Fsp3) is 0.650. The maximum Gasteiger partial charge on any atom is 0.310 e. The van der Waals surface area contributed by atoms with Crippen LogP contribution in [0.5, 0.6) is 5.75 Å². The Bertz CT molecular complexity index is 520. The minimum Gasteiger partial charge on any atom is -0.496 e. The lowest BCUT2D eigenvalue weighted by Gasteiger charge is -2.42. The number of rotatable bonds is 5. The van der Waals surface area contributed by atoms with Gasteiger partial charge in [-0.25, -0.2) is 0 Å². The van der Waals surface area contributed by atoms with E-state index >= 15 is 0 Å². The second-order valence-electron chi connectivity index (χ2n) is 8.18. The number of carbonyl (C=O) groups excluding carboxylic acids is 1. The molecule has 2 atom stereocenters. The molecule has 1 rings (SSSR count). The van der Waals surface area contributed by atoms with Gasteiger partial charge in [0.05, 0.1) is 19.6 Å². The zero-order valence-electron chi connectivity index (χ0n) is 15.9. The predicted octanol–water partition coefficient (Wildman–Crippen LogP) is 5.05. The summed E-state index contributed by atoms with van der Waals surface area (Å²) in [5.41, 5.74) is 0.736. The third kappa shape index (κ3) is 4.73. The average molecular weight is 320 g/mol. The molecule has 23 heavy (non-hydrogen) atoms. The van der Waals surface area contributed by atoms with Gasteiger partial charge in [-0.15, -0.1) is 0 Å². The van der Waals surface area contributed by atoms with Gasteiger partial charge < -0.3 is 9.47 Å². The molecule has 2 unspecified atom stereocenters. The Morgan fingerprint density at radius 1 is 1.04 bits per heavy atom. The zero-order valence-corrected chi connectivity index (χ0v) is 15.9. The Labute approximate surface area is 141 Å². The molecular formula is C20H32O3. The molecule has 3 nitrogen and oxygen atoms in total. The minimum atomic E-state index is -0.251. The van der Waals surface area contributed by atoms with E-state index in [4.69, 9.17) is 9.47 Å². The second kappa shape index (κ2) is 7.37. The fourth-order valence-electron chi connectivity index (χ4n) is 3.29. The molecule has 1 aromatic rings. The Kier molecular flexibility index (Phi) is 6.26. The summed E-state index contributed by atoms with van der Waals surface area (Å²) < 4.78 is 11.0. The summed E-state index contributed by atoms with van der Waals surface area (Å²) >= 11 is 0. The monoisotopic (exact) mass is 320 g/mol. The molecule has 0 spiro atoms. The van der Waals surface area contributed by atoms with Crippen LogP contribution in [0.2, 0.25) is 0 Å².